The average Bonchev–Trinajstić information content (AvgIpc) is 2.93. The van der Waals surface area contributed by atoms with Crippen LogP contribution in [0.2, 0.25) is 0 Å². The summed E-state index contributed by atoms with van der Waals surface area (Å²) in [5, 5.41) is 0. The van der Waals surface area contributed by atoms with Crippen molar-refractivity contribution in [3.63, 3.8) is 0 Å². The molecule has 1 unspecified atom stereocenters. The molecule has 0 aliphatic carbocycles. The van der Waals surface area contributed by atoms with Gasteiger partial charge in [-0.2, -0.15) is 0 Å². The minimum atomic E-state index is 0.0815. The van der Waals surface area contributed by atoms with Gasteiger partial charge in [0.25, 0.3) is 5.91 Å². The quantitative estimate of drug-likeness (QED) is 0.804. The molecule has 0 N–H and O–H groups in total. The largest absolute Gasteiger partial charge is 0.493 e. The van der Waals surface area contributed by atoms with Crippen LogP contribution in [-0.2, 0) is 4.74 Å². The Balaban J connectivity index is 1.58. The van der Waals surface area contributed by atoms with Gasteiger partial charge in [0.1, 0.15) is 0 Å². The first-order chi connectivity index (χ1) is 12.7. The van der Waals surface area contributed by atoms with Crippen LogP contribution in [-0.4, -0.2) is 75.9 Å². The van der Waals surface area contributed by atoms with E-state index in [0.717, 1.165) is 58.8 Å². The Morgan fingerprint density at radius 2 is 1.85 bits per heavy atom. The summed E-state index contributed by atoms with van der Waals surface area (Å²) in [5.41, 5.74) is 0.661. The van der Waals surface area contributed by atoms with E-state index in [2.05, 4.69) is 4.90 Å². The maximum absolute atomic E-state index is 12.9. The molecule has 2 fully saturated rings. The summed E-state index contributed by atoms with van der Waals surface area (Å²) < 4.78 is 16.0. The second-order valence-corrected chi connectivity index (χ2v) is 7.07. The molecular weight excluding hydrogens is 332 g/mol. The van der Waals surface area contributed by atoms with Gasteiger partial charge in [0.15, 0.2) is 11.5 Å². The van der Waals surface area contributed by atoms with Crippen molar-refractivity contribution < 1.29 is 19.0 Å². The fourth-order valence-electron chi connectivity index (χ4n) is 3.85. The van der Waals surface area contributed by atoms with Crippen molar-refractivity contribution in [2.45, 2.75) is 19.3 Å². The number of ether oxygens (including phenoxy) is 3. The molecule has 1 aromatic carbocycles. The van der Waals surface area contributed by atoms with Gasteiger partial charge in [0, 0.05) is 38.3 Å². The van der Waals surface area contributed by atoms with Crippen molar-refractivity contribution >= 4 is 5.91 Å². The highest BCUT2D eigenvalue weighted by molar-refractivity contribution is 5.95. The standard InChI is InChI=1S/C20H30N2O4/c1-24-18-6-5-17(14-19(18)25-2)20(23)22-8-3-4-16(7-9-22)15-21-10-12-26-13-11-21/h5-6,14,16H,3-4,7-13,15H2,1-2H3. The van der Waals surface area contributed by atoms with Gasteiger partial charge in [-0.05, 0) is 43.4 Å². The van der Waals surface area contributed by atoms with Crippen LogP contribution in [0.3, 0.4) is 0 Å². The summed E-state index contributed by atoms with van der Waals surface area (Å²) in [6.07, 6.45) is 3.32. The molecule has 2 heterocycles. The molecule has 2 saturated heterocycles. The second-order valence-electron chi connectivity index (χ2n) is 7.07. The van der Waals surface area contributed by atoms with E-state index in [4.69, 9.17) is 14.2 Å². The number of hydrogen-bond acceptors (Lipinski definition) is 5. The summed E-state index contributed by atoms with van der Waals surface area (Å²) >= 11 is 0. The predicted molar refractivity (Wildman–Crippen MR) is 100 cm³/mol. The topological polar surface area (TPSA) is 51.2 Å². The predicted octanol–water partition coefficient (Wildman–Crippen LogP) is 2.28. The smallest absolute Gasteiger partial charge is 0.253 e. The van der Waals surface area contributed by atoms with Gasteiger partial charge in [-0.15, -0.1) is 0 Å². The van der Waals surface area contributed by atoms with Gasteiger partial charge >= 0.3 is 0 Å². The molecule has 1 atom stereocenters. The Hall–Kier alpha value is -1.79. The Labute approximate surface area is 156 Å². The average molecular weight is 362 g/mol. The van der Waals surface area contributed by atoms with E-state index in [-0.39, 0.29) is 5.91 Å². The fourth-order valence-corrected chi connectivity index (χ4v) is 3.85. The lowest BCUT2D eigenvalue weighted by atomic mass is 10.00. The first kappa shape index (κ1) is 19.0. The highest BCUT2D eigenvalue weighted by Crippen LogP contribution is 2.28. The molecule has 0 bridgehead atoms. The molecule has 1 amide bonds. The lowest BCUT2D eigenvalue weighted by Crippen LogP contribution is -2.39. The summed E-state index contributed by atoms with van der Waals surface area (Å²) in [5.74, 6) is 1.98. The van der Waals surface area contributed by atoms with Gasteiger partial charge in [-0.3, -0.25) is 9.69 Å². The van der Waals surface area contributed by atoms with Crippen molar-refractivity contribution in [1.29, 1.82) is 0 Å². The number of amides is 1. The van der Waals surface area contributed by atoms with E-state index in [1.807, 2.05) is 11.0 Å². The number of likely N-dealkylation sites (tertiary alicyclic amines) is 1. The van der Waals surface area contributed by atoms with Crippen molar-refractivity contribution in [3.05, 3.63) is 23.8 Å². The van der Waals surface area contributed by atoms with E-state index in [0.29, 0.717) is 23.0 Å². The number of carbonyl (C=O) groups excluding carboxylic acids is 1. The zero-order chi connectivity index (χ0) is 18.4. The van der Waals surface area contributed by atoms with Crippen LogP contribution >= 0.6 is 0 Å². The first-order valence-electron chi connectivity index (χ1n) is 9.52. The van der Waals surface area contributed by atoms with E-state index in [1.54, 1.807) is 26.4 Å². The maximum atomic E-state index is 12.9. The number of nitrogens with zero attached hydrogens (tertiary/aromatic N) is 2. The van der Waals surface area contributed by atoms with Gasteiger partial charge < -0.3 is 19.1 Å². The SMILES string of the molecule is COc1ccc(C(=O)N2CCCC(CN3CCOCC3)CC2)cc1OC. The Morgan fingerprint density at radius 1 is 1.08 bits per heavy atom. The van der Waals surface area contributed by atoms with Crippen LogP contribution in [0, 0.1) is 5.92 Å². The number of hydrogen-bond donors (Lipinski definition) is 0. The number of rotatable bonds is 5. The molecule has 3 rings (SSSR count). The molecule has 0 saturated carbocycles. The van der Waals surface area contributed by atoms with Crippen molar-refractivity contribution in [2.75, 3.05) is 60.2 Å². The molecule has 0 aromatic heterocycles. The molecule has 2 aliphatic rings. The Bertz CT molecular complexity index is 601. The molecule has 1 aromatic rings. The van der Waals surface area contributed by atoms with Gasteiger partial charge in [-0.25, -0.2) is 0 Å². The van der Waals surface area contributed by atoms with Crippen molar-refractivity contribution in [3.8, 4) is 11.5 Å². The van der Waals surface area contributed by atoms with E-state index in [9.17, 15) is 4.79 Å². The normalized spacial score (nSPS) is 21.9. The Kier molecular flexibility index (Phi) is 6.74. The monoisotopic (exact) mass is 362 g/mol. The van der Waals surface area contributed by atoms with Crippen LogP contribution in [0.5, 0.6) is 11.5 Å². The molecule has 6 heteroatoms. The van der Waals surface area contributed by atoms with Gasteiger partial charge in [0.2, 0.25) is 0 Å². The van der Waals surface area contributed by atoms with E-state index < -0.39 is 0 Å². The summed E-state index contributed by atoms with van der Waals surface area (Å²) in [4.78, 5) is 17.4. The maximum Gasteiger partial charge on any atom is 0.253 e. The van der Waals surface area contributed by atoms with Crippen LogP contribution in [0.4, 0.5) is 0 Å². The third-order valence-electron chi connectivity index (χ3n) is 5.39. The van der Waals surface area contributed by atoms with Gasteiger partial charge in [-0.1, -0.05) is 0 Å². The zero-order valence-electron chi connectivity index (χ0n) is 15.9. The molecule has 0 radical (unpaired) electrons. The summed E-state index contributed by atoms with van der Waals surface area (Å²) in [6.45, 7) is 6.53. The number of benzene rings is 1. The van der Waals surface area contributed by atoms with Crippen molar-refractivity contribution in [2.24, 2.45) is 5.92 Å². The molecule has 144 valence electrons. The van der Waals surface area contributed by atoms with Crippen LogP contribution < -0.4 is 9.47 Å². The van der Waals surface area contributed by atoms with Crippen LogP contribution in [0.1, 0.15) is 29.6 Å². The zero-order valence-corrected chi connectivity index (χ0v) is 15.9. The third kappa shape index (κ3) is 4.68. The lowest BCUT2D eigenvalue weighted by molar-refractivity contribution is 0.0296. The van der Waals surface area contributed by atoms with Crippen molar-refractivity contribution in [1.82, 2.24) is 9.80 Å². The number of carbonyl (C=O) groups is 1. The lowest BCUT2D eigenvalue weighted by Gasteiger charge is -2.30. The highest BCUT2D eigenvalue weighted by atomic mass is 16.5. The number of morpholine rings is 1. The minimum Gasteiger partial charge on any atom is -0.493 e. The molecule has 0 spiro atoms. The molecule has 26 heavy (non-hydrogen) atoms. The minimum absolute atomic E-state index is 0.0815. The Morgan fingerprint density at radius 3 is 2.58 bits per heavy atom. The summed E-state index contributed by atoms with van der Waals surface area (Å²) in [7, 11) is 3.19. The van der Waals surface area contributed by atoms with E-state index >= 15 is 0 Å². The third-order valence-corrected chi connectivity index (χ3v) is 5.39. The molecular formula is C20H30N2O4. The summed E-state index contributed by atoms with van der Waals surface area (Å²) in [6, 6.07) is 5.39. The highest BCUT2D eigenvalue weighted by Gasteiger charge is 2.24. The second kappa shape index (κ2) is 9.24. The van der Waals surface area contributed by atoms with Gasteiger partial charge in [0.05, 0.1) is 27.4 Å². The fraction of sp³-hybridized carbons (Fsp3) is 0.650. The van der Waals surface area contributed by atoms with Crippen LogP contribution in [0.25, 0.3) is 0 Å². The molecule has 6 nitrogen and oxygen atoms in total. The molecule has 2 aliphatic heterocycles. The van der Waals surface area contributed by atoms with E-state index in [1.165, 1.54) is 6.42 Å². The first-order valence-corrected chi connectivity index (χ1v) is 9.52. The van der Waals surface area contributed by atoms with Crippen LogP contribution in [0.15, 0.2) is 18.2 Å². The number of methoxy groups -OCH3 is 2.